The number of carbonyl (C=O) groups excluding carboxylic acids is 2. The number of primary amides is 2. The van der Waals surface area contributed by atoms with E-state index in [4.69, 9.17) is 16.2 Å². The molecule has 1 heterocycles. The Morgan fingerprint density at radius 2 is 2.16 bits per heavy atom. The Balaban J connectivity index is 2.12. The van der Waals surface area contributed by atoms with Crippen LogP contribution in [0.1, 0.15) is 11.7 Å². The number of carbonyl (C=O) groups is 2. The second kappa shape index (κ2) is 5.57. The zero-order chi connectivity index (χ0) is 13.8. The molecule has 0 aromatic heterocycles. The van der Waals surface area contributed by atoms with E-state index in [2.05, 4.69) is 5.32 Å². The fourth-order valence-corrected chi connectivity index (χ4v) is 2.01. The number of nitrogens with two attached hydrogens (primary N) is 2. The summed E-state index contributed by atoms with van der Waals surface area (Å²) in [6.07, 6.45) is -0.254. The van der Waals surface area contributed by atoms with Crippen LogP contribution >= 0.6 is 0 Å². The molecular formula is C12H16N4O3. The Hall–Kier alpha value is -2.28. The summed E-state index contributed by atoms with van der Waals surface area (Å²) in [6.45, 7) is 1.32. The van der Waals surface area contributed by atoms with E-state index in [0.717, 1.165) is 5.56 Å². The van der Waals surface area contributed by atoms with E-state index in [-0.39, 0.29) is 6.10 Å². The molecule has 1 aromatic rings. The fourth-order valence-electron chi connectivity index (χ4n) is 2.01. The monoisotopic (exact) mass is 264 g/mol. The molecule has 2 rings (SSSR count). The minimum atomic E-state index is -0.625. The molecule has 1 atom stereocenters. The maximum atomic E-state index is 11.2. The average molecular weight is 264 g/mol. The molecule has 1 aromatic carbocycles. The summed E-state index contributed by atoms with van der Waals surface area (Å²) >= 11 is 0. The molecule has 0 bridgehead atoms. The second-order valence-electron chi connectivity index (χ2n) is 4.26. The van der Waals surface area contributed by atoms with Gasteiger partial charge >= 0.3 is 12.1 Å². The molecule has 1 unspecified atom stereocenters. The molecule has 19 heavy (non-hydrogen) atoms. The van der Waals surface area contributed by atoms with E-state index >= 15 is 0 Å². The fraction of sp³-hybridized carbons (Fsp3) is 0.333. The van der Waals surface area contributed by atoms with Crippen LogP contribution in [0.2, 0.25) is 0 Å². The summed E-state index contributed by atoms with van der Waals surface area (Å²) < 4.78 is 5.61. The summed E-state index contributed by atoms with van der Waals surface area (Å²) in [4.78, 5) is 23.5. The van der Waals surface area contributed by atoms with E-state index in [1.165, 1.54) is 4.90 Å². The van der Waals surface area contributed by atoms with Gasteiger partial charge in [-0.3, -0.25) is 0 Å². The van der Waals surface area contributed by atoms with Crippen molar-refractivity contribution in [3.8, 4) is 0 Å². The average Bonchev–Trinajstić information content (AvgIpc) is 2.38. The highest BCUT2D eigenvalue weighted by Crippen LogP contribution is 2.24. The zero-order valence-electron chi connectivity index (χ0n) is 10.3. The van der Waals surface area contributed by atoms with E-state index in [0.29, 0.717) is 25.4 Å². The van der Waals surface area contributed by atoms with Crippen molar-refractivity contribution in [1.82, 2.24) is 4.90 Å². The van der Waals surface area contributed by atoms with Gasteiger partial charge in [0, 0.05) is 12.2 Å². The van der Waals surface area contributed by atoms with Gasteiger partial charge in [0.15, 0.2) is 0 Å². The Bertz CT molecular complexity index is 492. The summed E-state index contributed by atoms with van der Waals surface area (Å²) in [5.41, 5.74) is 11.8. The number of morpholine rings is 1. The number of hydrogen-bond acceptors (Lipinski definition) is 3. The van der Waals surface area contributed by atoms with Gasteiger partial charge in [-0.1, -0.05) is 12.1 Å². The molecule has 4 amide bonds. The Morgan fingerprint density at radius 1 is 1.37 bits per heavy atom. The number of urea groups is 2. The van der Waals surface area contributed by atoms with Gasteiger partial charge in [-0.05, 0) is 17.7 Å². The highest BCUT2D eigenvalue weighted by atomic mass is 16.5. The number of nitrogens with one attached hydrogen (secondary N) is 1. The van der Waals surface area contributed by atoms with Gasteiger partial charge in [-0.15, -0.1) is 0 Å². The van der Waals surface area contributed by atoms with Gasteiger partial charge in [0.05, 0.1) is 13.2 Å². The molecule has 0 radical (unpaired) electrons. The number of nitrogens with zero attached hydrogens (tertiary/aromatic N) is 1. The van der Waals surface area contributed by atoms with Gasteiger partial charge in [-0.25, -0.2) is 9.59 Å². The van der Waals surface area contributed by atoms with Crippen LogP contribution in [0.15, 0.2) is 24.3 Å². The van der Waals surface area contributed by atoms with E-state index < -0.39 is 12.1 Å². The van der Waals surface area contributed by atoms with Crippen molar-refractivity contribution in [2.24, 2.45) is 11.5 Å². The number of rotatable bonds is 2. The molecule has 0 aliphatic carbocycles. The summed E-state index contributed by atoms with van der Waals surface area (Å²) in [7, 11) is 0. The third-order valence-electron chi connectivity index (χ3n) is 2.90. The first-order chi connectivity index (χ1) is 9.06. The first-order valence-electron chi connectivity index (χ1n) is 5.88. The van der Waals surface area contributed by atoms with Crippen molar-refractivity contribution in [2.45, 2.75) is 6.10 Å². The quantitative estimate of drug-likeness (QED) is 0.728. The molecule has 1 saturated heterocycles. The first-order valence-corrected chi connectivity index (χ1v) is 5.88. The van der Waals surface area contributed by atoms with Gasteiger partial charge < -0.3 is 26.4 Å². The molecule has 102 valence electrons. The lowest BCUT2D eigenvalue weighted by atomic mass is 10.1. The third kappa shape index (κ3) is 3.35. The topological polar surface area (TPSA) is 111 Å². The van der Waals surface area contributed by atoms with E-state index in [1.54, 1.807) is 18.2 Å². The van der Waals surface area contributed by atoms with Gasteiger partial charge in [0.2, 0.25) is 0 Å². The molecular weight excluding hydrogens is 248 g/mol. The SMILES string of the molecule is NC(=O)Nc1cccc(C2CN(C(N)=O)CCO2)c1. The van der Waals surface area contributed by atoms with Crippen LogP contribution < -0.4 is 16.8 Å². The smallest absolute Gasteiger partial charge is 0.316 e. The molecule has 7 heteroatoms. The third-order valence-corrected chi connectivity index (χ3v) is 2.90. The summed E-state index contributed by atoms with van der Waals surface area (Å²) in [6, 6.07) is 6.05. The van der Waals surface area contributed by atoms with Crippen LogP contribution in [0.25, 0.3) is 0 Å². The van der Waals surface area contributed by atoms with E-state index in [1.807, 2.05) is 6.07 Å². The molecule has 1 aliphatic heterocycles. The minimum Gasteiger partial charge on any atom is -0.370 e. The Morgan fingerprint density at radius 3 is 2.84 bits per heavy atom. The predicted octanol–water partition coefficient (Wildman–Crippen LogP) is 0.629. The van der Waals surface area contributed by atoms with Gasteiger partial charge in [0.1, 0.15) is 6.10 Å². The lowest BCUT2D eigenvalue weighted by Gasteiger charge is -2.32. The van der Waals surface area contributed by atoms with Crippen LogP contribution in [-0.2, 0) is 4.74 Å². The number of ether oxygens (including phenoxy) is 1. The maximum absolute atomic E-state index is 11.2. The van der Waals surface area contributed by atoms with Crippen LogP contribution in [-0.4, -0.2) is 36.7 Å². The normalized spacial score (nSPS) is 18.9. The molecule has 7 nitrogen and oxygen atoms in total. The number of anilines is 1. The first kappa shape index (κ1) is 13.2. The summed E-state index contributed by atoms with van der Waals surface area (Å²) in [5.74, 6) is 0. The van der Waals surface area contributed by atoms with Crippen LogP contribution in [0, 0.1) is 0 Å². The summed E-state index contributed by atoms with van der Waals surface area (Å²) in [5, 5.41) is 2.50. The number of amides is 4. The Kier molecular flexibility index (Phi) is 3.86. The highest BCUT2D eigenvalue weighted by Gasteiger charge is 2.24. The maximum Gasteiger partial charge on any atom is 0.316 e. The molecule has 1 fully saturated rings. The molecule has 1 aliphatic rings. The van der Waals surface area contributed by atoms with Crippen molar-refractivity contribution >= 4 is 17.7 Å². The van der Waals surface area contributed by atoms with E-state index in [9.17, 15) is 9.59 Å². The minimum absolute atomic E-state index is 0.254. The second-order valence-corrected chi connectivity index (χ2v) is 4.26. The molecule has 5 N–H and O–H groups in total. The lowest BCUT2D eigenvalue weighted by Crippen LogP contribution is -2.44. The van der Waals surface area contributed by atoms with Crippen LogP contribution in [0.4, 0.5) is 15.3 Å². The lowest BCUT2D eigenvalue weighted by molar-refractivity contribution is -0.0141. The highest BCUT2D eigenvalue weighted by molar-refractivity contribution is 5.87. The number of hydrogen-bond donors (Lipinski definition) is 3. The number of benzene rings is 1. The van der Waals surface area contributed by atoms with Crippen molar-refractivity contribution in [2.75, 3.05) is 25.0 Å². The van der Waals surface area contributed by atoms with Crippen LogP contribution in [0.5, 0.6) is 0 Å². The predicted molar refractivity (Wildman–Crippen MR) is 69.5 cm³/mol. The van der Waals surface area contributed by atoms with Crippen LogP contribution in [0.3, 0.4) is 0 Å². The van der Waals surface area contributed by atoms with Gasteiger partial charge in [0.25, 0.3) is 0 Å². The van der Waals surface area contributed by atoms with Gasteiger partial charge in [-0.2, -0.15) is 0 Å². The zero-order valence-corrected chi connectivity index (χ0v) is 10.3. The Labute approximate surface area is 110 Å². The standard InChI is InChI=1S/C12H16N4O3/c13-11(17)15-9-3-1-2-8(6-9)10-7-16(12(14)18)4-5-19-10/h1-3,6,10H,4-5,7H2,(H2,14,18)(H3,13,15,17). The molecule has 0 spiro atoms. The van der Waals surface area contributed by atoms with Crippen molar-refractivity contribution in [1.29, 1.82) is 0 Å². The van der Waals surface area contributed by atoms with Crippen molar-refractivity contribution in [3.05, 3.63) is 29.8 Å². The molecule has 0 saturated carbocycles. The van der Waals surface area contributed by atoms with Crippen molar-refractivity contribution in [3.63, 3.8) is 0 Å². The van der Waals surface area contributed by atoms with Crippen molar-refractivity contribution < 1.29 is 14.3 Å². The largest absolute Gasteiger partial charge is 0.370 e.